The Bertz CT molecular complexity index is 1540. The molecule has 0 radical (unpaired) electrons. The molecule has 2 N–H and O–H groups in total. The van der Waals surface area contributed by atoms with Crippen LogP contribution in [0, 0.1) is 5.82 Å². The highest BCUT2D eigenvalue weighted by Gasteiger charge is 2.27. The summed E-state index contributed by atoms with van der Waals surface area (Å²) in [6.45, 7) is 3.79. The molecule has 9 nitrogen and oxygen atoms in total. The third-order valence-electron chi connectivity index (χ3n) is 7.36. The molecule has 208 valence electrons. The zero-order valence-corrected chi connectivity index (χ0v) is 22.5. The van der Waals surface area contributed by atoms with Crippen molar-refractivity contribution in [1.82, 2.24) is 19.4 Å². The van der Waals surface area contributed by atoms with Gasteiger partial charge in [-0.1, -0.05) is 23.7 Å². The zero-order chi connectivity index (χ0) is 27.6. The summed E-state index contributed by atoms with van der Waals surface area (Å²) in [6.07, 6.45) is 2.03. The number of rotatable bonds is 10. The number of ether oxygens (including phenoxy) is 2. The summed E-state index contributed by atoms with van der Waals surface area (Å²) in [7, 11) is 0. The molecule has 0 unspecified atom stereocenters. The molecule has 2 aromatic heterocycles. The van der Waals surface area contributed by atoms with Gasteiger partial charge in [-0.05, 0) is 49.2 Å². The fourth-order valence-corrected chi connectivity index (χ4v) is 5.29. The number of carboxylic acids is 1. The molecule has 2 atom stereocenters. The second-order valence-corrected chi connectivity index (χ2v) is 10.6. The number of carbonyl (C=O) groups is 1. The van der Waals surface area contributed by atoms with Gasteiger partial charge in [0.2, 0.25) is 5.88 Å². The number of likely N-dealkylation sites (tertiary alicyclic amines) is 1. The minimum absolute atomic E-state index is 0.0531. The van der Waals surface area contributed by atoms with Gasteiger partial charge in [-0.2, -0.15) is 4.98 Å². The molecular weight excluding hydrogens is 537 g/mol. The van der Waals surface area contributed by atoms with E-state index in [2.05, 4.69) is 19.8 Å². The first-order valence-electron chi connectivity index (χ1n) is 13.3. The first kappa shape index (κ1) is 26.5. The van der Waals surface area contributed by atoms with Gasteiger partial charge in [0.25, 0.3) is 0 Å². The maximum Gasteiger partial charge on any atom is 0.335 e. The molecule has 2 saturated heterocycles. The van der Waals surface area contributed by atoms with E-state index in [0.29, 0.717) is 35.4 Å². The lowest BCUT2D eigenvalue weighted by atomic mass is 10.1. The highest BCUT2D eigenvalue weighted by Crippen LogP contribution is 2.25. The highest BCUT2D eigenvalue weighted by atomic mass is 35.5. The van der Waals surface area contributed by atoms with Crippen molar-refractivity contribution in [3.8, 4) is 5.88 Å². The number of hydrogen-bond donors (Lipinski definition) is 2. The quantitative estimate of drug-likeness (QED) is 0.278. The van der Waals surface area contributed by atoms with E-state index in [1.54, 1.807) is 36.4 Å². The first-order chi connectivity index (χ1) is 19.4. The Labute approximate surface area is 235 Å². The Morgan fingerprint density at radius 3 is 2.83 bits per heavy atom. The molecule has 4 heterocycles. The number of carboxylic acid groups (broad SMARTS) is 1. The Morgan fingerprint density at radius 1 is 1.18 bits per heavy atom. The Balaban J connectivity index is 1.10. The van der Waals surface area contributed by atoms with Gasteiger partial charge >= 0.3 is 5.97 Å². The number of nitrogens with zero attached hydrogens (tertiary/aromatic N) is 4. The second-order valence-electron chi connectivity index (χ2n) is 10.2. The molecule has 6 rings (SSSR count). The van der Waals surface area contributed by atoms with Crippen molar-refractivity contribution in [2.45, 2.75) is 44.7 Å². The van der Waals surface area contributed by atoms with Gasteiger partial charge < -0.3 is 24.5 Å². The van der Waals surface area contributed by atoms with Crippen molar-refractivity contribution in [3.05, 3.63) is 82.4 Å². The van der Waals surface area contributed by atoms with E-state index >= 15 is 0 Å². The smallest absolute Gasteiger partial charge is 0.335 e. The van der Waals surface area contributed by atoms with E-state index < -0.39 is 11.8 Å². The van der Waals surface area contributed by atoms with Crippen LogP contribution < -0.4 is 10.1 Å². The number of nitrogens with one attached hydrogen (secondary N) is 1. The van der Waals surface area contributed by atoms with E-state index in [-0.39, 0.29) is 24.3 Å². The third-order valence-corrected chi connectivity index (χ3v) is 7.59. The standard InChI is InChI=1S/C29H29ClFN5O4/c30-20-6-4-19(23(31)13-20)17-40-28-3-1-2-26(34-28)32-21-8-10-35(14-21)16-27-33-24-7-5-18(29(37)38)12-25(24)36(27)15-22-9-11-39-22/h1-7,12-13,21-22H,8-11,14-17H2,(H,32,34)(H,37,38)/t21-,22+/m1/s1. The molecule has 0 bridgehead atoms. The van der Waals surface area contributed by atoms with Crippen molar-refractivity contribution in [2.75, 3.05) is 25.0 Å². The Kier molecular flexibility index (Phi) is 7.55. The number of imidazole rings is 1. The maximum atomic E-state index is 14.1. The van der Waals surface area contributed by atoms with Gasteiger partial charge in [0.05, 0.1) is 35.8 Å². The van der Waals surface area contributed by atoms with Crippen LogP contribution in [0.2, 0.25) is 5.02 Å². The summed E-state index contributed by atoms with van der Waals surface area (Å²) in [5.74, 6) is 0.628. The molecule has 0 amide bonds. The molecule has 2 fully saturated rings. The summed E-state index contributed by atoms with van der Waals surface area (Å²) in [4.78, 5) is 23.3. The molecule has 2 aliphatic rings. The predicted molar refractivity (Wildman–Crippen MR) is 148 cm³/mol. The molecule has 11 heteroatoms. The molecule has 0 saturated carbocycles. The number of pyridine rings is 1. The molecule has 0 aliphatic carbocycles. The van der Waals surface area contributed by atoms with Crippen LogP contribution in [-0.4, -0.2) is 62.4 Å². The van der Waals surface area contributed by atoms with Crippen LogP contribution in [0.3, 0.4) is 0 Å². The second kappa shape index (κ2) is 11.4. The summed E-state index contributed by atoms with van der Waals surface area (Å²) in [6, 6.07) is 15.2. The molecular formula is C29H29ClFN5O4. The third kappa shape index (κ3) is 5.89. The van der Waals surface area contributed by atoms with Gasteiger partial charge in [0.15, 0.2) is 0 Å². The van der Waals surface area contributed by atoms with E-state index in [1.165, 1.54) is 6.07 Å². The summed E-state index contributed by atoms with van der Waals surface area (Å²) in [5, 5.41) is 13.3. The fraction of sp³-hybridized carbons (Fsp3) is 0.345. The first-order valence-corrected chi connectivity index (χ1v) is 13.7. The van der Waals surface area contributed by atoms with E-state index in [0.717, 1.165) is 49.4 Å². The van der Waals surface area contributed by atoms with Crippen molar-refractivity contribution < 1.29 is 23.8 Å². The Hall–Kier alpha value is -3.73. The van der Waals surface area contributed by atoms with Crippen molar-refractivity contribution >= 4 is 34.4 Å². The van der Waals surface area contributed by atoms with Crippen LogP contribution in [-0.2, 0) is 24.4 Å². The van der Waals surface area contributed by atoms with Gasteiger partial charge in [-0.15, -0.1) is 0 Å². The van der Waals surface area contributed by atoms with Crippen LogP contribution >= 0.6 is 11.6 Å². The topological polar surface area (TPSA) is 102 Å². The SMILES string of the molecule is O=C(O)c1ccc2nc(CN3CC[C@@H](Nc4cccc(OCc5ccc(Cl)cc5F)n4)C3)n(C[C@@H]3CCO3)c2c1. The van der Waals surface area contributed by atoms with E-state index in [1.807, 2.05) is 12.1 Å². The highest BCUT2D eigenvalue weighted by molar-refractivity contribution is 6.30. The molecule has 0 spiro atoms. The normalized spacial score (nSPS) is 19.1. The van der Waals surface area contributed by atoms with Crippen LogP contribution in [0.4, 0.5) is 10.2 Å². The lowest BCUT2D eigenvalue weighted by molar-refractivity contribution is -0.0591. The lowest BCUT2D eigenvalue weighted by Gasteiger charge is -2.28. The monoisotopic (exact) mass is 565 g/mol. The van der Waals surface area contributed by atoms with E-state index in [9.17, 15) is 14.3 Å². The predicted octanol–water partition coefficient (Wildman–Crippen LogP) is 4.98. The van der Waals surface area contributed by atoms with Crippen LogP contribution in [0.15, 0.2) is 54.6 Å². The van der Waals surface area contributed by atoms with Gasteiger partial charge in [0.1, 0.15) is 24.1 Å². The molecule has 2 aromatic carbocycles. The fourth-order valence-electron chi connectivity index (χ4n) is 5.13. The zero-order valence-electron chi connectivity index (χ0n) is 21.7. The van der Waals surface area contributed by atoms with Crippen LogP contribution in [0.25, 0.3) is 11.0 Å². The van der Waals surface area contributed by atoms with Crippen molar-refractivity contribution in [3.63, 3.8) is 0 Å². The van der Waals surface area contributed by atoms with E-state index in [4.69, 9.17) is 26.1 Å². The number of benzene rings is 2. The number of anilines is 1. The van der Waals surface area contributed by atoms with Gasteiger partial charge in [-0.3, -0.25) is 4.90 Å². The average Bonchev–Trinajstić information content (AvgIpc) is 3.49. The Morgan fingerprint density at radius 2 is 2.05 bits per heavy atom. The van der Waals surface area contributed by atoms with Crippen molar-refractivity contribution in [2.24, 2.45) is 0 Å². The molecule has 4 aromatic rings. The average molecular weight is 566 g/mol. The number of fused-ring (bicyclic) bond motifs is 1. The van der Waals surface area contributed by atoms with Crippen LogP contribution in [0.5, 0.6) is 5.88 Å². The number of halogens is 2. The summed E-state index contributed by atoms with van der Waals surface area (Å²) in [5.41, 5.74) is 2.26. The largest absolute Gasteiger partial charge is 0.478 e. The van der Waals surface area contributed by atoms with Crippen molar-refractivity contribution in [1.29, 1.82) is 0 Å². The number of aromatic carboxylic acids is 1. The van der Waals surface area contributed by atoms with Gasteiger partial charge in [0, 0.05) is 42.4 Å². The van der Waals surface area contributed by atoms with Crippen LogP contribution in [0.1, 0.15) is 34.6 Å². The molecule has 2 aliphatic heterocycles. The maximum absolute atomic E-state index is 14.1. The minimum Gasteiger partial charge on any atom is -0.478 e. The minimum atomic E-state index is -0.954. The lowest BCUT2D eigenvalue weighted by Crippen LogP contribution is -2.33. The van der Waals surface area contributed by atoms with Gasteiger partial charge in [-0.25, -0.2) is 14.2 Å². The summed E-state index contributed by atoms with van der Waals surface area (Å²) < 4.78 is 27.6. The summed E-state index contributed by atoms with van der Waals surface area (Å²) >= 11 is 5.83. The number of hydrogen-bond acceptors (Lipinski definition) is 7. The molecule has 40 heavy (non-hydrogen) atoms. The number of aromatic nitrogens is 3.